The van der Waals surface area contributed by atoms with Crippen molar-refractivity contribution >= 4 is 38.9 Å². The Labute approximate surface area is 116 Å². The molecule has 0 radical (unpaired) electrons. The summed E-state index contributed by atoms with van der Waals surface area (Å²) < 4.78 is 38.6. The fraction of sp³-hybridized carbons (Fsp3) is 0.400. The molecule has 0 saturated heterocycles. The second-order valence-corrected chi connectivity index (χ2v) is 6.18. The van der Waals surface area contributed by atoms with Gasteiger partial charge in [0.1, 0.15) is 5.82 Å². The van der Waals surface area contributed by atoms with Crippen molar-refractivity contribution < 1.29 is 12.8 Å². The average Bonchev–Trinajstić information content (AvgIpc) is 2.23. The molecule has 0 bridgehead atoms. The summed E-state index contributed by atoms with van der Waals surface area (Å²) in [6.07, 6.45) is 0. The second-order valence-electron chi connectivity index (χ2n) is 3.52. The van der Waals surface area contributed by atoms with E-state index in [-0.39, 0.29) is 21.5 Å². The summed E-state index contributed by atoms with van der Waals surface area (Å²) in [6.45, 7) is 2.85. The summed E-state index contributed by atoms with van der Waals surface area (Å²) in [5, 5.41) is 2.73. The zero-order chi connectivity index (χ0) is 13.8. The molecule has 0 aliphatic heterocycles. The van der Waals surface area contributed by atoms with Crippen LogP contribution in [0.5, 0.6) is 0 Å². The van der Waals surface area contributed by atoms with E-state index < -0.39 is 15.8 Å². The van der Waals surface area contributed by atoms with Gasteiger partial charge >= 0.3 is 0 Å². The van der Waals surface area contributed by atoms with Gasteiger partial charge in [0.15, 0.2) is 0 Å². The van der Waals surface area contributed by atoms with Crippen molar-refractivity contribution in [3.8, 4) is 0 Å². The molecular weight excluding hydrogens is 302 g/mol. The minimum atomic E-state index is -3.57. The lowest BCUT2D eigenvalue weighted by Gasteiger charge is -2.11. The van der Waals surface area contributed by atoms with Gasteiger partial charge in [-0.25, -0.2) is 12.8 Å². The highest BCUT2D eigenvalue weighted by molar-refractivity contribution is 7.92. The third kappa shape index (κ3) is 4.61. The predicted molar refractivity (Wildman–Crippen MR) is 72.4 cm³/mol. The largest absolute Gasteiger partial charge is 0.316 e. The van der Waals surface area contributed by atoms with Gasteiger partial charge in [-0.1, -0.05) is 30.1 Å². The molecule has 1 rings (SSSR count). The van der Waals surface area contributed by atoms with Crippen LogP contribution < -0.4 is 10.0 Å². The lowest BCUT2D eigenvalue weighted by atomic mass is 10.3. The Bertz CT molecular complexity index is 500. The number of hydrogen-bond acceptors (Lipinski definition) is 3. The Kier molecular flexibility index (Phi) is 5.65. The maximum Gasteiger partial charge on any atom is 0.234 e. The van der Waals surface area contributed by atoms with E-state index in [1.54, 1.807) is 0 Å². The average molecular weight is 315 g/mol. The van der Waals surface area contributed by atoms with Crippen LogP contribution in [0.15, 0.2) is 12.1 Å². The highest BCUT2D eigenvalue weighted by Crippen LogP contribution is 2.32. The van der Waals surface area contributed by atoms with Gasteiger partial charge in [0, 0.05) is 6.54 Å². The molecule has 0 spiro atoms. The summed E-state index contributed by atoms with van der Waals surface area (Å²) in [6, 6.07) is 1.99. The lowest BCUT2D eigenvalue weighted by Crippen LogP contribution is -2.26. The van der Waals surface area contributed by atoms with Crippen LogP contribution in [0, 0.1) is 5.82 Å². The first kappa shape index (κ1) is 15.5. The fourth-order valence-corrected chi connectivity index (χ4v) is 2.94. The van der Waals surface area contributed by atoms with E-state index in [9.17, 15) is 12.8 Å². The van der Waals surface area contributed by atoms with Gasteiger partial charge in [0.25, 0.3) is 0 Å². The van der Waals surface area contributed by atoms with Crippen LogP contribution in [-0.4, -0.2) is 27.3 Å². The molecule has 4 nitrogen and oxygen atoms in total. The smallest absolute Gasteiger partial charge is 0.234 e. The third-order valence-corrected chi connectivity index (χ3v) is 3.91. The number of nitrogens with one attached hydrogen (secondary N) is 2. The molecule has 0 aliphatic rings. The van der Waals surface area contributed by atoms with Crippen molar-refractivity contribution in [3.63, 3.8) is 0 Å². The lowest BCUT2D eigenvalue weighted by molar-refractivity contribution is 0.597. The van der Waals surface area contributed by atoms with Crippen LogP contribution in [0.3, 0.4) is 0 Å². The minimum Gasteiger partial charge on any atom is -0.316 e. The molecule has 0 fully saturated rings. The third-order valence-electron chi connectivity index (χ3n) is 2.06. The Morgan fingerprint density at radius 3 is 2.33 bits per heavy atom. The standard InChI is InChI=1S/C10H13Cl2FN2O2S/c1-2-14-3-4-18(16,17)15-10-8(11)5-7(13)6-9(10)12/h5-6,14-15H,2-4H2,1H3. The van der Waals surface area contributed by atoms with Gasteiger partial charge in [-0.3, -0.25) is 4.72 Å². The molecule has 102 valence electrons. The first-order valence-corrected chi connectivity index (χ1v) is 7.62. The fourth-order valence-electron chi connectivity index (χ4n) is 1.23. The molecule has 0 atom stereocenters. The molecule has 0 amide bonds. The first-order chi connectivity index (χ1) is 8.35. The van der Waals surface area contributed by atoms with E-state index in [1.165, 1.54) is 0 Å². The second kappa shape index (κ2) is 6.56. The van der Waals surface area contributed by atoms with Crippen LogP contribution in [0.25, 0.3) is 0 Å². The highest BCUT2D eigenvalue weighted by atomic mass is 35.5. The molecule has 0 aromatic heterocycles. The van der Waals surface area contributed by atoms with Crippen molar-refractivity contribution in [1.29, 1.82) is 0 Å². The van der Waals surface area contributed by atoms with Crippen LogP contribution in [0.2, 0.25) is 10.0 Å². The number of benzene rings is 1. The van der Waals surface area contributed by atoms with Crippen LogP contribution in [0.4, 0.5) is 10.1 Å². The molecule has 18 heavy (non-hydrogen) atoms. The van der Waals surface area contributed by atoms with Gasteiger partial charge in [-0.2, -0.15) is 0 Å². The molecule has 0 saturated carbocycles. The van der Waals surface area contributed by atoms with Gasteiger partial charge in [0.2, 0.25) is 10.0 Å². The van der Waals surface area contributed by atoms with E-state index in [4.69, 9.17) is 23.2 Å². The molecule has 0 unspecified atom stereocenters. The Hall–Kier alpha value is -0.560. The number of hydrogen-bond donors (Lipinski definition) is 2. The van der Waals surface area contributed by atoms with Crippen LogP contribution in [-0.2, 0) is 10.0 Å². The molecule has 0 aliphatic carbocycles. The van der Waals surface area contributed by atoms with Crippen molar-refractivity contribution in [2.75, 3.05) is 23.6 Å². The summed E-state index contributed by atoms with van der Waals surface area (Å²) >= 11 is 11.5. The van der Waals surface area contributed by atoms with E-state index in [0.29, 0.717) is 13.1 Å². The molecular formula is C10H13Cl2FN2O2S. The molecule has 8 heteroatoms. The Balaban J connectivity index is 2.84. The Morgan fingerprint density at radius 2 is 1.83 bits per heavy atom. The summed E-state index contributed by atoms with van der Waals surface area (Å²) in [5.41, 5.74) is -0.00349. The van der Waals surface area contributed by atoms with Crippen LogP contribution >= 0.6 is 23.2 Å². The van der Waals surface area contributed by atoms with E-state index in [2.05, 4.69) is 10.0 Å². The quantitative estimate of drug-likeness (QED) is 0.793. The monoisotopic (exact) mass is 314 g/mol. The maximum atomic E-state index is 12.9. The molecule has 1 aromatic rings. The van der Waals surface area contributed by atoms with E-state index >= 15 is 0 Å². The predicted octanol–water partition coefficient (Wildman–Crippen LogP) is 2.48. The zero-order valence-corrected chi connectivity index (χ0v) is 12.0. The normalized spacial score (nSPS) is 11.6. The van der Waals surface area contributed by atoms with Gasteiger partial charge < -0.3 is 5.32 Å². The SMILES string of the molecule is CCNCCS(=O)(=O)Nc1c(Cl)cc(F)cc1Cl. The first-order valence-electron chi connectivity index (χ1n) is 5.21. The van der Waals surface area contributed by atoms with Crippen molar-refractivity contribution in [1.82, 2.24) is 5.32 Å². The van der Waals surface area contributed by atoms with Gasteiger partial charge in [-0.05, 0) is 18.7 Å². The minimum absolute atomic E-state index is 0.00349. The maximum absolute atomic E-state index is 12.9. The highest BCUT2D eigenvalue weighted by Gasteiger charge is 2.15. The van der Waals surface area contributed by atoms with Gasteiger partial charge in [-0.15, -0.1) is 0 Å². The number of sulfonamides is 1. The van der Waals surface area contributed by atoms with Crippen molar-refractivity contribution in [3.05, 3.63) is 28.0 Å². The van der Waals surface area contributed by atoms with E-state index in [0.717, 1.165) is 12.1 Å². The van der Waals surface area contributed by atoms with Crippen molar-refractivity contribution in [2.45, 2.75) is 6.92 Å². The van der Waals surface area contributed by atoms with Crippen molar-refractivity contribution in [2.24, 2.45) is 0 Å². The Morgan fingerprint density at radius 1 is 1.28 bits per heavy atom. The number of anilines is 1. The summed E-state index contributed by atoms with van der Waals surface area (Å²) in [5.74, 6) is -0.745. The number of halogens is 3. The summed E-state index contributed by atoms with van der Waals surface area (Å²) in [4.78, 5) is 0. The van der Waals surface area contributed by atoms with Gasteiger partial charge in [0.05, 0.1) is 21.5 Å². The van der Waals surface area contributed by atoms with Crippen LogP contribution in [0.1, 0.15) is 6.92 Å². The summed E-state index contributed by atoms with van der Waals surface area (Å²) in [7, 11) is -3.57. The molecule has 1 aromatic carbocycles. The van der Waals surface area contributed by atoms with E-state index in [1.807, 2.05) is 6.92 Å². The number of rotatable bonds is 6. The molecule has 2 N–H and O–H groups in total. The topological polar surface area (TPSA) is 58.2 Å². The molecule has 0 heterocycles. The zero-order valence-electron chi connectivity index (χ0n) is 9.63.